The average molecular weight is 371 g/mol. The van der Waals surface area contributed by atoms with Crippen molar-refractivity contribution in [3.05, 3.63) is 66.0 Å². The lowest BCUT2D eigenvalue weighted by Crippen LogP contribution is -2.29. The molecule has 0 bridgehead atoms. The molecular formula is C17H14FN5O2S. The molecule has 0 aliphatic carbocycles. The predicted molar refractivity (Wildman–Crippen MR) is 93.9 cm³/mol. The fourth-order valence-corrected chi connectivity index (χ4v) is 3.51. The highest BCUT2D eigenvalue weighted by Crippen LogP contribution is 2.42. The third-order valence-electron chi connectivity index (χ3n) is 4.14. The minimum atomic E-state index is -3.54. The van der Waals surface area contributed by atoms with E-state index in [0.717, 1.165) is 11.8 Å². The van der Waals surface area contributed by atoms with E-state index in [1.165, 1.54) is 18.3 Å². The minimum absolute atomic E-state index is 0.240. The van der Waals surface area contributed by atoms with Crippen molar-refractivity contribution < 1.29 is 12.8 Å². The van der Waals surface area contributed by atoms with Crippen LogP contribution in [0.3, 0.4) is 0 Å². The van der Waals surface area contributed by atoms with E-state index in [1.54, 1.807) is 36.8 Å². The second-order valence-electron chi connectivity index (χ2n) is 5.95. The number of nitrogens with zero attached hydrogens (tertiary/aromatic N) is 5. The summed E-state index contributed by atoms with van der Waals surface area (Å²) in [4.78, 5) is 18.7. The SMILES string of the molecule is CS(=O)(=O)c1nccc(C2C(c3ccc(F)cc3)N=C3C=NC=CN32)n1. The van der Waals surface area contributed by atoms with Crippen LogP contribution in [0.2, 0.25) is 0 Å². The van der Waals surface area contributed by atoms with Crippen LogP contribution in [0.4, 0.5) is 4.39 Å². The van der Waals surface area contributed by atoms with Crippen LogP contribution in [-0.2, 0) is 9.84 Å². The Labute approximate surface area is 149 Å². The van der Waals surface area contributed by atoms with Crippen molar-refractivity contribution in [2.24, 2.45) is 9.98 Å². The summed E-state index contributed by atoms with van der Waals surface area (Å²) < 4.78 is 37.0. The molecule has 26 heavy (non-hydrogen) atoms. The van der Waals surface area contributed by atoms with Crippen LogP contribution in [-0.4, -0.2) is 41.6 Å². The first kappa shape index (κ1) is 16.5. The number of hydrogen-bond acceptors (Lipinski definition) is 7. The summed E-state index contributed by atoms with van der Waals surface area (Å²) in [6.07, 6.45) is 7.48. The normalized spacial score (nSPS) is 21.6. The number of benzene rings is 1. The first-order chi connectivity index (χ1) is 12.4. The summed E-state index contributed by atoms with van der Waals surface area (Å²) in [5.41, 5.74) is 1.30. The first-order valence-corrected chi connectivity index (χ1v) is 9.67. The molecule has 3 heterocycles. The Morgan fingerprint density at radius 3 is 2.65 bits per heavy atom. The Hall–Kier alpha value is -2.94. The van der Waals surface area contributed by atoms with E-state index in [4.69, 9.17) is 0 Å². The summed E-state index contributed by atoms with van der Waals surface area (Å²) in [5, 5.41) is -0.240. The second-order valence-corrected chi connectivity index (χ2v) is 7.86. The van der Waals surface area contributed by atoms with Gasteiger partial charge in [-0.3, -0.25) is 9.98 Å². The highest BCUT2D eigenvalue weighted by Gasteiger charge is 2.38. The number of amidine groups is 1. The van der Waals surface area contributed by atoms with Crippen molar-refractivity contribution in [3.8, 4) is 0 Å². The Morgan fingerprint density at radius 1 is 1.15 bits per heavy atom. The Balaban J connectivity index is 1.83. The maximum absolute atomic E-state index is 13.3. The zero-order valence-corrected chi connectivity index (χ0v) is 14.5. The molecule has 1 aromatic heterocycles. The molecule has 7 nitrogen and oxygen atoms in total. The highest BCUT2D eigenvalue weighted by molar-refractivity contribution is 7.90. The van der Waals surface area contributed by atoms with Crippen LogP contribution in [0.5, 0.6) is 0 Å². The number of hydrogen-bond donors (Lipinski definition) is 0. The number of aromatic nitrogens is 2. The topological polar surface area (TPSA) is 87.9 Å². The van der Waals surface area contributed by atoms with Gasteiger partial charge in [0.15, 0.2) is 0 Å². The molecule has 0 amide bonds. The van der Waals surface area contributed by atoms with E-state index < -0.39 is 9.84 Å². The van der Waals surface area contributed by atoms with Crippen LogP contribution < -0.4 is 0 Å². The molecule has 0 radical (unpaired) electrons. The van der Waals surface area contributed by atoms with E-state index in [-0.39, 0.29) is 23.1 Å². The van der Waals surface area contributed by atoms with Crippen LogP contribution in [0.15, 0.2) is 64.1 Å². The Bertz CT molecular complexity index is 1050. The molecule has 2 atom stereocenters. The monoisotopic (exact) mass is 371 g/mol. The second kappa shape index (κ2) is 6.10. The van der Waals surface area contributed by atoms with Gasteiger partial charge in [0, 0.05) is 24.9 Å². The summed E-state index contributed by atoms with van der Waals surface area (Å²) in [5.74, 6) is 0.294. The molecule has 0 saturated heterocycles. The van der Waals surface area contributed by atoms with Crippen LogP contribution >= 0.6 is 0 Å². The van der Waals surface area contributed by atoms with E-state index in [2.05, 4.69) is 20.0 Å². The van der Waals surface area contributed by atoms with Crippen molar-refractivity contribution in [1.82, 2.24) is 14.9 Å². The van der Waals surface area contributed by atoms with Gasteiger partial charge < -0.3 is 4.90 Å². The molecule has 2 aliphatic rings. The van der Waals surface area contributed by atoms with E-state index in [1.807, 2.05) is 4.90 Å². The van der Waals surface area contributed by atoms with Crippen LogP contribution in [0, 0.1) is 5.82 Å². The van der Waals surface area contributed by atoms with Gasteiger partial charge in [-0.05, 0) is 23.8 Å². The van der Waals surface area contributed by atoms with Crippen molar-refractivity contribution >= 4 is 21.9 Å². The third-order valence-corrected chi connectivity index (χ3v) is 5.00. The van der Waals surface area contributed by atoms with Crippen LogP contribution in [0.25, 0.3) is 0 Å². The minimum Gasteiger partial charge on any atom is -0.319 e. The van der Waals surface area contributed by atoms with Gasteiger partial charge in [-0.2, -0.15) is 0 Å². The van der Waals surface area contributed by atoms with Gasteiger partial charge in [0.05, 0.1) is 11.9 Å². The lowest BCUT2D eigenvalue weighted by Gasteiger charge is -2.27. The first-order valence-electron chi connectivity index (χ1n) is 7.78. The Morgan fingerprint density at radius 2 is 1.92 bits per heavy atom. The summed E-state index contributed by atoms with van der Waals surface area (Å²) in [6.45, 7) is 0. The molecule has 2 unspecified atom stereocenters. The largest absolute Gasteiger partial charge is 0.319 e. The van der Waals surface area contributed by atoms with Crippen molar-refractivity contribution in [2.45, 2.75) is 17.2 Å². The predicted octanol–water partition coefficient (Wildman–Crippen LogP) is 2.07. The smallest absolute Gasteiger partial charge is 0.247 e. The third kappa shape index (κ3) is 2.90. The standard InChI is InChI=1S/C17H14FN5O2S/c1-26(24,25)17-20-7-6-13(21-17)16-15(11-2-4-12(18)5-3-11)22-14-10-19-8-9-23(14)16/h2-10,15-16H,1H3. The lowest BCUT2D eigenvalue weighted by molar-refractivity contribution is 0.384. The van der Waals surface area contributed by atoms with Crippen molar-refractivity contribution in [1.29, 1.82) is 0 Å². The molecule has 4 rings (SSSR count). The zero-order chi connectivity index (χ0) is 18.3. The molecular weight excluding hydrogens is 357 g/mol. The maximum Gasteiger partial charge on any atom is 0.247 e. The van der Waals surface area contributed by atoms with E-state index in [0.29, 0.717) is 11.5 Å². The van der Waals surface area contributed by atoms with Gasteiger partial charge >= 0.3 is 0 Å². The number of rotatable bonds is 3. The van der Waals surface area contributed by atoms with Gasteiger partial charge in [0.2, 0.25) is 15.0 Å². The number of aliphatic imine (C=N–C) groups is 2. The van der Waals surface area contributed by atoms with E-state index >= 15 is 0 Å². The average Bonchev–Trinajstić information content (AvgIpc) is 3.01. The number of halogens is 1. The van der Waals surface area contributed by atoms with E-state index in [9.17, 15) is 12.8 Å². The summed E-state index contributed by atoms with van der Waals surface area (Å²) in [7, 11) is -3.54. The molecule has 9 heteroatoms. The highest BCUT2D eigenvalue weighted by atomic mass is 32.2. The molecule has 132 valence electrons. The molecule has 2 aromatic rings. The van der Waals surface area contributed by atoms with Gasteiger partial charge in [0.25, 0.3) is 0 Å². The fourth-order valence-electron chi connectivity index (χ4n) is 2.98. The fraction of sp³-hybridized carbons (Fsp3) is 0.176. The molecule has 0 N–H and O–H groups in total. The molecule has 0 spiro atoms. The molecule has 0 saturated carbocycles. The molecule has 2 aliphatic heterocycles. The lowest BCUT2D eigenvalue weighted by atomic mass is 9.97. The number of sulfone groups is 1. The number of fused-ring (bicyclic) bond motifs is 1. The van der Waals surface area contributed by atoms with Crippen molar-refractivity contribution in [3.63, 3.8) is 0 Å². The van der Waals surface area contributed by atoms with Crippen LogP contribution in [0.1, 0.15) is 23.3 Å². The van der Waals surface area contributed by atoms with Gasteiger partial charge in [0.1, 0.15) is 23.7 Å². The zero-order valence-electron chi connectivity index (χ0n) is 13.7. The summed E-state index contributed by atoms with van der Waals surface area (Å²) >= 11 is 0. The molecule has 0 fully saturated rings. The maximum atomic E-state index is 13.3. The van der Waals surface area contributed by atoms with Gasteiger partial charge in [-0.1, -0.05) is 12.1 Å². The Kier molecular flexibility index (Phi) is 3.87. The van der Waals surface area contributed by atoms with Gasteiger partial charge in [-0.25, -0.2) is 22.8 Å². The summed E-state index contributed by atoms with van der Waals surface area (Å²) in [6, 6.07) is 6.95. The quantitative estimate of drug-likeness (QED) is 0.771. The van der Waals surface area contributed by atoms with Gasteiger partial charge in [-0.15, -0.1) is 0 Å². The van der Waals surface area contributed by atoms with Crippen molar-refractivity contribution in [2.75, 3.05) is 6.26 Å². The molecule has 1 aromatic carbocycles.